The van der Waals surface area contributed by atoms with Crippen LogP contribution in [0.5, 0.6) is 0 Å². The van der Waals surface area contributed by atoms with Crippen LogP contribution in [-0.4, -0.2) is 16.7 Å². The number of rotatable bonds is 5. The molecule has 1 aromatic heterocycles. The Morgan fingerprint density at radius 3 is 2.42 bits per heavy atom. The molecule has 0 aliphatic rings. The Labute approximate surface area is 107 Å². The van der Waals surface area contributed by atoms with Crippen molar-refractivity contribution in [3.8, 4) is 11.4 Å². The molecule has 0 aliphatic heterocycles. The largest absolute Gasteiger partial charge is 0.339 e. The molecule has 19 heavy (non-hydrogen) atoms. The SMILES string of the molecule is NCCCCc1nc(-c2cc(F)c(F)c(F)c2)no1. The van der Waals surface area contributed by atoms with Crippen molar-refractivity contribution in [1.29, 1.82) is 0 Å². The van der Waals surface area contributed by atoms with E-state index in [0.29, 0.717) is 18.9 Å². The maximum atomic E-state index is 13.1. The van der Waals surface area contributed by atoms with Crippen molar-refractivity contribution in [3.63, 3.8) is 0 Å². The third kappa shape index (κ3) is 3.11. The van der Waals surface area contributed by atoms with Gasteiger partial charge < -0.3 is 10.3 Å². The van der Waals surface area contributed by atoms with Gasteiger partial charge in [-0.1, -0.05) is 5.16 Å². The summed E-state index contributed by atoms with van der Waals surface area (Å²) in [5.74, 6) is -3.71. The zero-order valence-electron chi connectivity index (χ0n) is 10.00. The third-order valence-electron chi connectivity index (χ3n) is 2.55. The number of benzene rings is 1. The molecule has 0 saturated carbocycles. The Kier molecular flexibility index (Phi) is 4.16. The lowest BCUT2D eigenvalue weighted by atomic mass is 10.2. The lowest BCUT2D eigenvalue weighted by Gasteiger charge is -1.98. The quantitative estimate of drug-likeness (QED) is 0.670. The van der Waals surface area contributed by atoms with Crippen LogP contribution in [0.3, 0.4) is 0 Å². The summed E-state index contributed by atoms with van der Waals surface area (Å²) in [6.07, 6.45) is 2.14. The van der Waals surface area contributed by atoms with E-state index < -0.39 is 17.5 Å². The van der Waals surface area contributed by atoms with Gasteiger partial charge in [-0.15, -0.1) is 0 Å². The maximum Gasteiger partial charge on any atom is 0.226 e. The van der Waals surface area contributed by atoms with E-state index in [0.717, 1.165) is 25.0 Å². The van der Waals surface area contributed by atoms with Crippen molar-refractivity contribution < 1.29 is 17.7 Å². The van der Waals surface area contributed by atoms with Crippen molar-refractivity contribution in [1.82, 2.24) is 10.1 Å². The molecule has 1 aromatic carbocycles. The zero-order chi connectivity index (χ0) is 13.8. The van der Waals surface area contributed by atoms with Crippen LogP contribution < -0.4 is 5.73 Å². The highest BCUT2D eigenvalue weighted by molar-refractivity contribution is 5.54. The smallest absolute Gasteiger partial charge is 0.226 e. The van der Waals surface area contributed by atoms with Gasteiger partial charge in [-0.2, -0.15) is 4.98 Å². The molecule has 0 saturated heterocycles. The number of hydrogen-bond acceptors (Lipinski definition) is 4. The second-order valence-corrected chi connectivity index (χ2v) is 4.01. The number of nitrogens with zero attached hydrogens (tertiary/aromatic N) is 2. The third-order valence-corrected chi connectivity index (χ3v) is 2.55. The van der Waals surface area contributed by atoms with E-state index >= 15 is 0 Å². The molecule has 2 aromatic rings. The van der Waals surface area contributed by atoms with Crippen molar-refractivity contribution in [2.24, 2.45) is 5.73 Å². The number of aromatic nitrogens is 2. The molecule has 0 fully saturated rings. The lowest BCUT2D eigenvalue weighted by molar-refractivity contribution is 0.375. The summed E-state index contributed by atoms with van der Waals surface area (Å²) in [5, 5.41) is 3.60. The average molecular weight is 271 g/mol. The number of unbranched alkanes of at least 4 members (excludes halogenated alkanes) is 1. The first-order chi connectivity index (χ1) is 9.11. The van der Waals surface area contributed by atoms with Gasteiger partial charge in [0.15, 0.2) is 17.5 Å². The monoisotopic (exact) mass is 271 g/mol. The van der Waals surface area contributed by atoms with E-state index in [2.05, 4.69) is 10.1 Å². The zero-order valence-corrected chi connectivity index (χ0v) is 10.00. The standard InChI is InChI=1S/C12H12F3N3O/c13-8-5-7(6-9(14)11(8)15)12-17-10(19-18-12)3-1-2-4-16/h5-6H,1-4,16H2. The first-order valence-corrected chi connectivity index (χ1v) is 5.79. The maximum absolute atomic E-state index is 13.1. The molecular weight excluding hydrogens is 259 g/mol. The predicted molar refractivity (Wildman–Crippen MR) is 61.6 cm³/mol. The Hall–Kier alpha value is -1.89. The van der Waals surface area contributed by atoms with Gasteiger partial charge in [0.2, 0.25) is 11.7 Å². The van der Waals surface area contributed by atoms with Gasteiger partial charge in [0.05, 0.1) is 0 Å². The average Bonchev–Trinajstić information content (AvgIpc) is 2.84. The van der Waals surface area contributed by atoms with Crippen LogP contribution in [0.25, 0.3) is 11.4 Å². The van der Waals surface area contributed by atoms with Gasteiger partial charge in [0, 0.05) is 12.0 Å². The van der Waals surface area contributed by atoms with Crippen molar-refractivity contribution in [2.75, 3.05) is 6.54 Å². The number of halogens is 3. The van der Waals surface area contributed by atoms with Gasteiger partial charge in [0.1, 0.15) is 0 Å². The Bertz CT molecular complexity index is 548. The molecule has 1 heterocycles. The second kappa shape index (κ2) is 5.83. The molecule has 4 nitrogen and oxygen atoms in total. The van der Waals surface area contributed by atoms with E-state index in [1.54, 1.807) is 0 Å². The van der Waals surface area contributed by atoms with Crippen molar-refractivity contribution in [3.05, 3.63) is 35.5 Å². The van der Waals surface area contributed by atoms with Gasteiger partial charge >= 0.3 is 0 Å². The topological polar surface area (TPSA) is 64.9 Å². The second-order valence-electron chi connectivity index (χ2n) is 4.01. The molecule has 0 aliphatic carbocycles. The molecule has 2 rings (SSSR count). The van der Waals surface area contributed by atoms with Crippen LogP contribution >= 0.6 is 0 Å². The van der Waals surface area contributed by atoms with Gasteiger partial charge in [0.25, 0.3) is 0 Å². The number of aryl methyl sites for hydroxylation is 1. The van der Waals surface area contributed by atoms with Crippen molar-refractivity contribution in [2.45, 2.75) is 19.3 Å². The lowest BCUT2D eigenvalue weighted by Crippen LogP contribution is -1.99. The van der Waals surface area contributed by atoms with E-state index in [1.807, 2.05) is 0 Å². The summed E-state index contributed by atoms with van der Waals surface area (Å²) in [5.41, 5.74) is 5.38. The minimum absolute atomic E-state index is 0.0283. The molecule has 0 radical (unpaired) electrons. The Morgan fingerprint density at radius 1 is 1.11 bits per heavy atom. The molecule has 102 valence electrons. The molecule has 0 spiro atoms. The fourth-order valence-corrected chi connectivity index (χ4v) is 1.58. The van der Waals surface area contributed by atoms with Gasteiger partial charge in [-0.05, 0) is 31.5 Å². The molecule has 0 bridgehead atoms. The first-order valence-electron chi connectivity index (χ1n) is 5.79. The highest BCUT2D eigenvalue weighted by Gasteiger charge is 2.15. The summed E-state index contributed by atoms with van der Waals surface area (Å²) in [6.45, 7) is 0.565. The van der Waals surface area contributed by atoms with Crippen LogP contribution in [-0.2, 0) is 6.42 Å². The van der Waals surface area contributed by atoms with Crippen LogP contribution in [0, 0.1) is 17.5 Å². The van der Waals surface area contributed by atoms with E-state index in [4.69, 9.17) is 10.3 Å². The fourth-order valence-electron chi connectivity index (χ4n) is 1.58. The Balaban J connectivity index is 2.18. The summed E-state index contributed by atoms with van der Waals surface area (Å²) in [6, 6.07) is 1.65. The van der Waals surface area contributed by atoms with Crippen LogP contribution in [0.15, 0.2) is 16.7 Å². The number of hydrogen-bond donors (Lipinski definition) is 1. The summed E-state index contributed by atoms with van der Waals surface area (Å²) in [4.78, 5) is 3.99. The molecular formula is C12H12F3N3O. The minimum Gasteiger partial charge on any atom is -0.339 e. The first kappa shape index (κ1) is 13.5. The summed E-state index contributed by atoms with van der Waals surface area (Å²) in [7, 11) is 0. The number of nitrogens with two attached hydrogens (primary N) is 1. The van der Waals surface area contributed by atoms with E-state index in [9.17, 15) is 13.2 Å². The molecule has 2 N–H and O–H groups in total. The molecule has 0 atom stereocenters. The highest BCUT2D eigenvalue weighted by Crippen LogP contribution is 2.21. The molecule has 7 heteroatoms. The highest BCUT2D eigenvalue weighted by atomic mass is 19.2. The molecule has 0 amide bonds. The van der Waals surface area contributed by atoms with E-state index in [-0.39, 0.29) is 11.4 Å². The van der Waals surface area contributed by atoms with Gasteiger partial charge in [-0.25, -0.2) is 13.2 Å². The molecule has 0 unspecified atom stereocenters. The van der Waals surface area contributed by atoms with E-state index in [1.165, 1.54) is 0 Å². The summed E-state index contributed by atoms with van der Waals surface area (Å²) < 4.78 is 43.9. The Morgan fingerprint density at radius 2 is 1.79 bits per heavy atom. The van der Waals surface area contributed by atoms with Gasteiger partial charge in [-0.3, -0.25) is 0 Å². The van der Waals surface area contributed by atoms with Crippen LogP contribution in [0.2, 0.25) is 0 Å². The predicted octanol–water partition coefficient (Wildman–Crippen LogP) is 2.44. The minimum atomic E-state index is -1.52. The van der Waals surface area contributed by atoms with Crippen molar-refractivity contribution >= 4 is 0 Å². The summed E-state index contributed by atoms with van der Waals surface area (Å²) >= 11 is 0. The van der Waals surface area contributed by atoms with Crippen LogP contribution in [0.4, 0.5) is 13.2 Å². The fraction of sp³-hybridized carbons (Fsp3) is 0.333. The normalized spacial score (nSPS) is 10.9. The van der Waals surface area contributed by atoms with Crippen LogP contribution in [0.1, 0.15) is 18.7 Å².